The van der Waals surface area contributed by atoms with Crippen molar-refractivity contribution in [1.29, 1.82) is 0 Å². The normalized spacial score (nSPS) is 21.6. The Hall–Kier alpha value is -3.07. The number of ether oxygens (including phenoxy) is 1. The van der Waals surface area contributed by atoms with Crippen LogP contribution in [0, 0.1) is 11.3 Å². The molecule has 5 heterocycles. The monoisotopic (exact) mass is 543 g/mol. The summed E-state index contributed by atoms with van der Waals surface area (Å²) in [6.07, 6.45) is 5.45. The summed E-state index contributed by atoms with van der Waals surface area (Å²) < 4.78 is 5.20. The second kappa shape index (κ2) is 10.4. The van der Waals surface area contributed by atoms with E-state index in [4.69, 9.17) is 4.74 Å². The Morgan fingerprint density at radius 2 is 1.80 bits per heavy atom. The van der Waals surface area contributed by atoms with Crippen LogP contribution in [0.4, 0.5) is 0 Å². The SMILES string of the molecule is CC(C)c1ccc([C@](O)(c2cncc(-c3cc(C4CCN(C(=O)C5COC5)CC4)[nH]n3)c2)C2(C)CN(C)C2)cc1. The van der Waals surface area contributed by atoms with Gasteiger partial charge in [-0.3, -0.25) is 14.9 Å². The van der Waals surface area contributed by atoms with Gasteiger partial charge in [0.25, 0.3) is 0 Å². The molecule has 3 aliphatic heterocycles. The van der Waals surface area contributed by atoms with Gasteiger partial charge in [-0.1, -0.05) is 45.0 Å². The van der Waals surface area contributed by atoms with Gasteiger partial charge in [0.05, 0.1) is 24.8 Å². The number of pyridine rings is 1. The van der Waals surface area contributed by atoms with Gasteiger partial charge in [-0.25, -0.2) is 0 Å². The maximum Gasteiger partial charge on any atom is 0.230 e. The molecule has 0 bridgehead atoms. The van der Waals surface area contributed by atoms with Crippen LogP contribution < -0.4 is 0 Å². The molecule has 2 aromatic heterocycles. The molecule has 3 saturated heterocycles. The van der Waals surface area contributed by atoms with Crippen molar-refractivity contribution >= 4 is 5.91 Å². The molecule has 3 aromatic rings. The molecule has 0 spiro atoms. The number of carbonyl (C=O) groups excluding carboxylic acids is 1. The predicted octanol–water partition coefficient (Wildman–Crippen LogP) is 4.14. The summed E-state index contributed by atoms with van der Waals surface area (Å²) in [5.41, 5.74) is 4.18. The van der Waals surface area contributed by atoms with E-state index in [0.717, 1.165) is 67.1 Å². The number of nitrogens with one attached hydrogen (secondary N) is 1. The van der Waals surface area contributed by atoms with Crippen molar-refractivity contribution in [3.05, 3.63) is 71.2 Å². The quantitative estimate of drug-likeness (QED) is 0.465. The lowest BCUT2D eigenvalue weighted by Crippen LogP contribution is -2.63. The topological polar surface area (TPSA) is 94.6 Å². The van der Waals surface area contributed by atoms with Crippen molar-refractivity contribution in [2.75, 3.05) is 46.4 Å². The Labute approximate surface area is 236 Å². The van der Waals surface area contributed by atoms with Gasteiger partial charge in [-0.2, -0.15) is 5.10 Å². The van der Waals surface area contributed by atoms with Gasteiger partial charge >= 0.3 is 0 Å². The van der Waals surface area contributed by atoms with E-state index in [-0.39, 0.29) is 17.2 Å². The van der Waals surface area contributed by atoms with Gasteiger partial charge in [-0.15, -0.1) is 0 Å². The van der Waals surface area contributed by atoms with Crippen LogP contribution in [0.5, 0.6) is 0 Å². The number of hydrogen-bond donors (Lipinski definition) is 2. The molecular formula is C32H41N5O3. The summed E-state index contributed by atoms with van der Waals surface area (Å²) in [6.45, 7) is 10.8. The molecule has 40 heavy (non-hydrogen) atoms. The van der Waals surface area contributed by atoms with Crippen LogP contribution in [0.2, 0.25) is 0 Å². The summed E-state index contributed by atoms with van der Waals surface area (Å²) in [7, 11) is 2.09. The largest absolute Gasteiger partial charge is 0.380 e. The van der Waals surface area contributed by atoms with Crippen LogP contribution in [-0.4, -0.2) is 82.4 Å². The maximum absolute atomic E-state index is 12.6. The fourth-order valence-electron chi connectivity index (χ4n) is 6.87. The molecule has 1 amide bonds. The first-order valence-corrected chi connectivity index (χ1v) is 14.6. The Morgan fingerprint density at radius 3 is 2.40 bits per heavy atom. The molecule has 3 aliphatic rings. The summed E-state index contributed by atoms with van der Waals surface area (Å²) in [5, 5.41) is 20.5. The van der Waals surface area contributed by atoms with Gasteiger partial charge in [0.2, 0.25) is 5.91 Å². The minimum atomic E-state index is -1.19. The molecule has 1 aromatic carbocycles. The minimum absolute atomic E-state index is 0.0458. The standard InChI is InChI=1S/C32H41N5O3/c1-21(2)22-5-7-26(8-6-22)32(39,31(3)19-36(4)20-31)27-13-24(15-33-16-27)29-14-28(34-35-29)23-9-11-37(12-10-23)30(38)25-17-40-18-25/h5-8,13-16,21,23,25,39H,9-12,17-20H2,1-4H3,(H,34,35)/t32-/m0/s1. The van der Waals surface area contributed by atoms with Crippen molar-refractivity contribution in [3.8, 4) is 11.3 Å². The van der Waals surface area contributed by atoms with E-state index in [0.29, 0.717) is 25.0 Å². The van der Waals surface area contributed by atoms with E-state index in [1.165, 1.54) is 5.56 Å². The fraction of sp³-hybridized carbons (Fsp3) is 0.531. The number of likely N-dealkylation sites (tertiary alicyclic amines) is 2. The van der Waals surface area contributed by atoms with E-state index in [1.54, 1.807) is 6.20 Å². The van der Waals surface area contributed by atoms with E-state index in [2.05, 4.69) is 84.3 Å². The number of rotatable bonds is 7. The predicted molar refractivity (Wildman–Crippen MR) is 154 cm³/mol. The zero-order valence-electron chi connectivity index (χ0n) is 24.1. The van der Waals surface area contributed by atoms with Crippen LogP contribution >= 0.6 is 0 Å². The second-order valence-electron chi connectivity index (χ2n) is 12.7. The lowest BCUT2D eigenvalue weighted by atomic mass is 9.62. The van der Waals surface area contributed by atoms with Crippen molar-refractivity contribution < 1.29 is 14.6 Å². The van der Waals surface area contributed by atoms with Crippen molar-refractivity contribution in [2.45, 2.75) is 51.0 Å². The first-order chi connectivity index (χ1) is 19.2. The molecule has 0 saturated carbocycles. The third-order valence-electron chi connectivity index (χ3n) is 9.39. The number of aromatic amines is 1. The molecule has 0 unspecified atom stereocenters. The first kappa shape index (κ1) is 27.1. The minimum Gasteiger partial charge on any atom is -0.380 e. The number of aromatic nitrogens is 3. The Morgan fingerprint density at radius 1 is 1.10 bits per heavy atom. The van der Waals surface area contributed by atoms with Gasteiger partial charge in [0.15, 0.2) is 0 Å². The second-order valence-corrected chi connectivity index (χ2v) is 12.7. The average Bonchev–Trinajstić information content (AvgIpc) is 3.41. The Balaban J connectivity index is 1.24. The highest BCUT2D eigenvalue weighted by atomic mass is 16.5. The number of hydrogen-bond acceptors (Lipinski definition) is 6. The average molecular weight is 544 g/mol. The number of carbonyl (C=O) groups is 1. The highest BCUT2D eigenvalue weighted by molar-refractivity contribution is 5.79. The number of nitrogens with zero attached hydrogens (tertiary/aromatic N) is 4. The lowest BCUT2D eigenvalue weighted by Gasteiger charge is -2.55. The van der Waals surface area contributed by atoms with E-state index >= 15 is 0 Å². The molecule has 0 aliphatic carbocycles. The number of aliphatic hydroxyl groups is 1. The highest BCUT2D eigenvalue weighted by Gasteiger charge is 2.55. The van der Waals surface area contributed by atoms with Gasteiger partial charge in [-0.05, 0) is 49.1 Å². The first-order valence-electron chi connectivity index (χ1n) is 14.6. The van der Waals surface area contributed by atoms with Gasteiger partial charge < -0.3 is 19.6 Å². The number of H-pyrrole nitrogens is 1. The molecule has 3 fully saturated rings. The Kier molecular flexibility index (Phi) is 7.05. The Bertz CT molecular complexity index is 1350. The summed E-state index contributed by atoms with van der Waals surface area (Å²) in [6, 6.07) is 12.6. The highest BCUT2D eigenvalue weighted by Crippen LogP contribution is 2.50. The molecule has 1 atom stereocenters. The van der Waals surface area contributed by atoms with Crippen molar-refractivity contribution in [3.63, 3.8) is 0 Å². The zero-order chi connectivity index (χ0) is 28.1. The third kappa shape index (κ3) is 4.66. The summed E-state index contributed by atoms with van der Waals surface area (Å²) in [5.74, 6) is 1.04. The van der Waals surface area contributed by atoms with E-state index < -0.39 is 5.60 Å². The van der Waals surface area contributed by atoms with Crippen molar-refractivity contribution in [2.24, 2.45) is 11.3 Å². The van der Waals surface area contributed by atoms with Gasteiger partial charge in [0, 0.05) is 66.7 Å². The number of piperidine rings is 1. The molecule has 6 rings (SSSR count). The molecule has 212 valence electrons. The van der Waals surface area contributed by atoms with Crippen LogP contribution in [0.25, 0.3) is 11.3 Å². The summed E-state index contributed by atoms with van der Waals surface area (Å²) in [4.78, 5) is 21.4. The lowest BCUT2D eigenvalue weighted by molar-refractivity contribution is -0.150. The zero-order valence-corrected chi connectivity index (χ0v) is 24.1. The number of benzene rings is 1. The third-order valence-corrected chi connectivity index (χ3v) is 9.39. The molecule has 8 heteroatoms. The smallest absolute Gasteiger partial charge is 0.230 e. The summed E-state index contributed by atoms with van der Waals surface area (Å²) >= 11 is 0. The van der Waals surface area contributed by atoms with Crippen LogP contribution in [-0.2, 0) is 15.1 Å². The van der Waals surface area contributed by atoms with Crippen LogP contribution in [0.3, 0.4) is 0 Å². The van der Waals surface area contributed by atoms with Gasteiger partial charge in [0.1, 0.15) is 5.60 Å². The van der Waals surface area contributed by atoms with Crippen LogP contribution in [0.1, 0.15) is 67.8 Å². The molecule has 8 nitrogen and oxygen atoms in total. The van der Waals surface area contributed by atoms with E-state index in [1.807, 2.05) is 11.1 Å². The fourth-order valence-corrected chi connectivity index (χ4v) is 6.87. The maximum atomic E-state index is 12.6. The molecular weight excluding hydrogens is 502 g/mol. The van der Waals surface area contributed by atoms with Crippen molar-refractivity contribution in [1.82, 2.24) is 25.0 Å². The number of amides is 1. The molecule has 0 radical (unpaired) electrons. The van der Waals surface area contributed by atoms with E-state index in [9.17, 15) is 9.90 Å². The molecule has 2 N–H and O–H groups in total. The van der Waals surface area contributed by atoms with Crippen LogP contribution in [0.15, 0.2) is 48.8 Å².